The predicted molar refractivity (Wildman–Crippen MR) is 208 cm³/mol. The van der Waals surface area contributed by atoms with Crippen molar-refractivity contribution in [1.82, 2.24) is 0 Å². The van der Waals surface area contributed by atoms with Gasteiger partial charge in [-0.15, -0.1) is 0 Å². The van der Waals surface area contributed by atoms with Gasteiger partial charge in [0.2, 0.25) is 0 Å². The Kier molecular flexibility index (Phi) is 10.2. The second-order valence-electron chi connectivity index (χ2n) is 13.9. The van der Waals surface area contributed by atoms with Crippen LogP contribution in [-0.2, 0) is 24.7 Å². The van der Waals surface area contributed by atoms with Gasteiger partial charge >= 0.3 is 0 Å². The SMILES string of the molecule is CCCCCCC1(CCCCCCc2ccc3c(c2)CC3)c2cc(-c3ccc(Br)cc3)ccc2-c2ccc(-c3ccc(Br)cc3)cc21. The average Bonchev–Trinajstić information content (AvgIpc) is 3.34. The van der Waals surface area contributed by atoms with Crippen molar-refractivity contribution in [3.8, 4) is 33.4 Å². The van der Waals surface area contributed by atoms with Gasteiger partial charge in [0.15, 0.2) is 0 Å². The van der Waals surface area contributed by atoms with Crippen LogP contribution >= 0.6 is 31.9 Å². The van der Waals surface area contributed by atoms with Crippen molar-refractivity contribution >= 4 is 31.9 Å². The van der Waals surface area contributed by atoms with Gasteiger partial charge in [0.1, 0.15) is 0 Å². The highest BCUT2D eigenvalue weighted by Gasteiger charge is 2.42. The molecule has 0 saturated heterocycles. The molecule has 0 nitrogen and oxygen atoms in total. The molecule has 0 amide bonds. The summed E-state index contributed by atoms with van der Waals surface area (Å²) in [6.45, 7) is 2.33. The van der Waals surface area contributed by atoms with Gasteiger partial charge in [-0.3, -0.25) is 0 Å². The zero-order valence-electron chi connectivity index (χ0n) is 27.8. The van der Waals surface area contributed by atoms with Gasteiger partial charge in [-0.25, -0.2) is 0 Å². The minimum atomic E-state index is 0.0386. The standard InChI is InChI=1S/C45H46Br2/c1-2-3-4-8-27-45(28-9-6-5-7-10-32-11-12-33-13-14-36(33)29-32)43-30-37(34-15-21-39(46)22-16-34)19-25-41(43)42-26-20-38(31-44(42)45)35-17-23-40(47)24-18-35/h11-12,15-26,29-31H,2-10,13-14,27-28H2,1H3. The molecule has 2 aliphatic carbocycles. The molecule has 2 aliphatic rings. The van der Waals surface area contributed by atoms with E-state index in [-0.39, 0.29) is 5.41 Å². The molecule has 0 aliphatic heterocycles. The van der Waals surface area contributed by atoms with Crippen LogP contribution in [0.15, 0.2) is 112 Å². The van der Waals surface area contributed by atoms with Crippen LogP contribution in [0.1, 0.15) is 98.9 Å². The summed E-state index contributed by atoms with van der Waals surface area (Å²) in [7, 11) is 0. The highest BCUT2D eigenvalue weighted by Crippen LogP contribution is 2.55. The third kappa shape index (κ3) is 6.97. The summed E-state index contributed by atoms with van der Waals surface area (Å²) in [6, 6.07) is 39.6. The molecule has 5 aromatic carbocycles. The Hall–Kier alpha value is -2.94. The number of aryl methyl sites for hydroxylation is 3. The van der Waals surface area contributed by atoms with Crippen molar-refractivity contribution in [3.05, 3.63) is 140 Å². The van der Waals surface area contributed by atoms with Crippen LogP contribution in [0, 0.1) is 0 Å². The van der Waals surface area contributed by atoms with E-state index < -0.39 is 0 Å². The van der Waals surface area contributed by atoms with E-state index in [1.165, 1.54) is 122 Å². The van der Waals surface area contributed by atoms with Crippen LogP contribution in [0.5, 0.6) is 0 Å². The lowest BCUT2D eigenvalue weighted by Gasteiger charge is -2.33. The molecule has 0 radical (unpaired) electrons. The van der Waals surface area contributed by atoms with Crippen molar-refractivity contribution in [2.24, 2.45) is 0 Å². The molecule has 0 aromatic heterocycles. The number of hydrogen-bond acceptors (Lipinski definition) is 0. The second-order valence-corrected chi connectivity index (χ2v) is 15.8. The fourth-order valence-electron chi connectivity index (χ4n) is 8.17. The summed E-state index contributed by atoms with van der Waals surface area (Å²) >= 11 is 7.28. The normalized spacial score (nSPS) is 13.9. The lowest BCUT2D eigenvalue weighted by atomic mass is 9.70. The molecule has 0 spiro atoms. The lowest BCUT2D eigenvalue weighted by Crippen LogP contribution is -2.25. The van der Waals surface area contributed by atoms with Crippen LogP contribution in [0.3, 0.4) is 0 Å². The highest BCUT2D eigenvalue weighted by atomic mass is 79.9. The summed E-state index contributed by atoms with van der Waals surface area (Å²) in [6.07, 6.45) is 16.5. The number of fused-ring (bicyclic) bond motifs is 4. The largest absolute Gasteiger partial charge is 0.0654 e. The van der Waals surface area contributed by atoms with E-state index in [1.807, 2.05) is 0 Å². The third-order valence-electron chi connectivity index (χ3n) is 10.9. The van der Waals surface area contributed by atoms with Crippen LogP contribution in [-0.4, -0.2) is 0 Å². The first-order chi connectivity index (χ1) is 23.0. The van der Waals surface area contributed by atoms with E-state index in [0.717, 1.165) is 8.95 Å². The first-order valence-electron chi connectivity index (χ1n) is 18.0. The molecular weight excluding hydrogens is 700 g/mol. The van der Waals surface area contributed by atoms with Crippen molar-refractivity contribution in [3.63, 3.8) is 0 Å². The molecule has 0 heterocycles. The smallest absolute Gasteiger partial charge is 0.0215 e. The first-order valence-corrected chi connectivity index (χ1v) is 19.5. The summed E-state index contributed by atoms with van der Waals surface area (Å²) in [4.78, 5) is 0. The van der Waals surface area contributed by atoms with E-state index in [0.29, 0.717) is 0 Å². The molecule has 47 heavy (non-hydrogen) atoms. The van der Waals surface area contributed by atoms with Crippen LogP contribution in [0.25, 0.3) is 33.4 Å². The van der Waals surface area contributed by atoms with Crippen molar-refractivity contribution < 1.29 is 0 Å². The molecule has 0 bridgehead atoms. The molecule has 7 rings (SSSR count). The lowest BCUT2D eigenvalue weighted by molar-refractivity contribution is 0.400. The average molecular weight is 747 g/mol. The van der Waals surface area contributed by atoms with Crippen molar-refractivity contribution in [2.75, 3.05) is 0 Å². The zero-order chi connectivity index (χ0) is 32.2. The zero-order valence-corrected chi connectivity index (χ0v) is 30.9. The van der Waals surface area contributed by atoms with Gasteiger partial charge in [0, 0.05) is 14.4 Å². The van der Waals surface area contributed by atoms with E-state index in [9.17, 15) is 0 Å². The van der Waals surface area contributed by atoms with E-state index in [1.54, 1.807) is 22.3 Å². The number of unbranched alkanes of at least 4 members (excludes halogenated alkanes) is 6. The minimum absolute atomic E-state index is 0.0386. The number of benzene rings is 5. The maximum atomic E-state index is 3.64. The van der Waals surface area contributed by atoms with E-state index in [2.05, 4.69) is 142 Å². The van der Waals surface area contributed by atoms with Crippen LogP contribution in [0.4, 0.5) is 0 Å². The molecule has 0 unspecified atom stereocenters. The third-order valence-corrected chi connectivity index (χ3v) is 12.0. The fourth-order valence-corrected chi connectivity index (χ4v) is 8.70. The van der Waals surface area contributed by atoms with Gasteiger partial charge in [0.05, 0.1) is 0 Å². The Labute approximate surface area is 299 Å². The van der Waals surface area contributed by atoms with Gasteiger partial charge in [0.25, 0.3) is 0 Å². The van der Waals surface area contributed by atoms with Gasteiger partial charge in [-0.05, 0) is 136 Å². The Morgan fingerprint density at radius 3 is 1.51 bits per heavy atom. The van der Waals surface area contributed by atoms with Gasteiger partial charge in [-0.1, -0.05) is 150 Å². The maximum Gasteiger partial charge on any atom is 0.0215 e. The summed E-state index contributed by atoms with van der Waals surface area (Å²) in [5, 5.41) is 0. The van der Waals surface area contributed by atoms with Gasteiger partial charge in [-0.2, -0.15) is 0 Å². The quantitative estimate of drug-likeness (QED) is 0.0993. The second kappa shape index (κ2) is 14.7. The molecular formula is C45H46Br2. The molecule has 0 atom stereocenters. The number of rotatable bonds is 14. The Balaban J connectivity index is 1.20. The van der Waals surface area contributed by atoms with E-state index in [4.69, 9.17) is 0 Å². The fraction of sp³-hybridized carbons (Fsp3) is 0.333. The Morgan fingerprint density at radius 1 is 0.489 bits per heavy atom. The Morgan fingerprint density at radius 2 is 1.00 bits per heavy atom. The molecule has 0 N–H and O–H groups in total. The van der Waals surface area contributed by atoms with E-state index >= 15 is 0 Å². The minimum Gasteiger partial charge on any atom is -0.0654 e. The summed E-state index contributed by atoms with van der Waals surface area (Å²) < 4.78 is 2.25. The highest BCUT2D eigenvalue weighted by molar-refractivity contribution is 9.10. The molecule has 0 saturated carbocycles. The summed E-state index contributed by atoms with van der Waals surface area (Å²) in [5.74, 6) is 0. The van der Waals surface area contributed by atoms with Crippen LogP contribution in [0.2, 0.25) is 0 Å². The number of hydrogen-bond donors (Lipinski definition) is 0. The summed E-state index contributed by atoms with van der Waals surface area (Å²) in [5.41, 5.74) is 16.0. The molecule has 2 heteroatoms. The molecule has 0 fully saturated rings. The van der Waals surface area contributed by atoms with Crippen LogP contribution < -0.4 is 0 Å². The van der Waals surface area contributed by atoms with Crippen molar-refractivity contribution in [1.29, 1.82) is 0 Å². The first kappa shape index (κ1) is 32.6. The number of halogens is 2. The monoisotopic (exact) mass is 744 g/mol. The topological polar surface area (TPSA) is 0 Å². The van der Waals surface area contributed by atoms with Gasteiger partial charge < -0.3 is 0 Å². The molecule has 5 aromatic rings. The Bertz CT molecular complexity index is 1740. The predicted octanol–water partition coefficient (Wildman–Crippen LogP) is 14.1. The maximum absolute atomic E-state index is 3.64. The van der Waals surface area contributed by atoms with Crippen molar-refractivity contribution in [2.45, 2.75) is 95.8 Å². The molecule has 240 valence electrons.